The van der Waals surface area contributed by atoms with Crippen molar-refractivity contribution >= 4 is 41.3 Å². The fraction of sp³-hybridized carbons (Fsp3) is 0.565. The second-order valence-electron chi connectivity index (χ2n) is 8.09. The number of hydrogen-bond acceptors (Lipinski definition) is 4. The van der Waals surface area contributed by atoms with E-state index in [9.17, 15) is 4.79 Å². The van der Waals surface area contributed by atoms with Gasteiger partial charge >= 0.3 is 0 Å². The van der Waals surface area contributed by atoms with E-state index in [2.05, 4.69) is 45.1 Å². The molecule has 172 valence electrons. The minimum atomic E-state index is 0. The molecule has 0 aliphatic carbocycles. The number of halogens is 1. The number of hydrogen-bond donors (Lipinski definition) is 2. The largest absolute Gasteiger partial charge is 0.356 e. The van der Waals surface area contributed by atoms with Gasteiger partial charge in [0.15, 0.2) is 5.96 Å². The van der Waals surface area contributed by atoms with Crippen LogP contribution in [0.4, 0.5) is 0 Å². The lowest BCUT2D eigenvalue weighted by molar-refractivity contribution is 0.125. The number of aliphatic imine (C=N–C) groups is 1. The van der Waals surface area contributed by atoms with Crippen LogP contribution in [0.25, 0.3) is 0 Å². The molecule has 0 spiro atoms. The number of aromatic nitrogens is 1. The van der Waals surface area contributed by atoms with Crippen molar-refractivity contribution in [3.63, 3.8) is 0 Å². The van der Waals surface area contributed by atoms with Gasteiger partial charge < -0.3 is 15.2 Å². The lowest BCUT2D eigenvalue weighted by atomic mass is 9.88. The van der Waals surface area contributed by atoms with Gasteiger partial charge in [-0.2, -0.15) is 0 Å². The summed E-state index contributed by atoms with van der Waals surface area (Å²) in [5.74, 6) is 1.44. The average Bonchev–Trinajstić information content (AvgIpc) is 3.26. The summed E-state index contributed by atoms with van der Waals surface area (Å²) in [6.07, 6.45) is 4.44. The molecule has 1 aliphatic rings. The molecule has 8 heteroatoms. The van der Waals surface area contributed by atoms with Crippen LogP contribution in [0.15, 0.2) is 45.5 Å². The Bertz CT molecular complexity index is 867. The highest BCUT2D eigenvalue weighted by Gasteiger charge is 2.31. The summed E-state index contributed by atoms with van der Waals surface area (Å²) in [7, 11) is 4.06. The van der Waals surface area contributed by atoms with Gasteiger partial charge in [-0.05, 0) is 69.6 Å². The molecule has 0 bridgehead atoms. The smallest absolute Gasteiger partial charge is 0.250 e. The summed E-state index contributed by atoms with van der Waals surface area (Å²) < 4.78 is 1.84. The third-order valence-corrected chi connectivity index (χ3v) is 6.91. The summed E-state index contributed by atoms with van der Waals surface area (Å²) in [4.78, 5) is 20.3. The van der Waals surface area contributed by atoms with E-state index in [1.807, 2.05) is 42.0 Å². The number of thiophene rings is 1. The Labute approximate surface area is 207 Å². The molecule has 2 atom stereocenters. The van der Waals surface area contributed by atoms with Crippen molar-refractivity contribution < 1.29 is 0 Å². The predicted molar refractivity (Wildman–Crippen MR) is 142 cm³/mol. The van der Waals surface area contributed by atoms with Gasteiger partial charge in [0.25, 0.3) is 5.56 Å². The molecule has 31 heavy (non-hydrogen) atoms. The van der Waals surface area contributed by atoms with Gasteiger partial charge in [0, 0.05) is 49.4 Å². The number of likely N-dealkylation sites (tertiary alicyclic amines) is 1. The maximum absolute atomic E-state index is 11.9. The standard InChI is InChI=1S/C23H35N5OS.HI/c1-18-9-6-12-21(29)28(18)15-5-4-13-25-23(24-2)26-17-19-10-7-14-27(3)22(19)20-11-8-16-30-20;/h6,8-9,11-12,16,19,22H,4-5,7,10,13-15,17H2,1-3H3,(H2,24,25,26);1H. The highest BCUT2D eigenvalue weighted by Crippen LogP contribution is 2.36. The SMILES string of the molecule is CN=C(NCCCCn1c(C)cccc1=O)NCC1CCCN(C)C1c1cccs1.I. The number of pyridine rings is 1. The summed E-state index contributed by atoms with van der Waals surface area (Å²) in [6.45, 7) is 5.67. The predicted octanol–water partition coefficient (Wildman–Crippen LogP) is 3.86. The summed E-state index contributed by atoms with van der Waals surface area (Å²) in [5.41, 5.74) is 1.10. The Hall–Kier alpha value is -1.39. The minimum absolute atomic E-state index is 0. The van der Waals surface area contributed by atoms with Crippen LogP contribution in [0, 0.1) is 12.8 Å². The van der Waals surface area contributed by atoms with Gasteiger partial charge in [-0.25, -0.2) is 0 Å². The molecule has 2 N–H and O–H groups in total. The Morgan fingerprint density at radius 3 is 2.77 bits per heavy atom. The topological polar surface area (TPSA) is 61.7 Å². The molecule has 0 saturated carbocycles. The number of aryl methyl sites for hydroxylation is 1. The number of piperidine rings is 1. The Morgan fingerprint density at radius 1 is 1.23 bits per heavy atom. The van der Waals surface area contributed by atoms with Crippen molar-refractivity contribution in [3.8, 4) is 0 Å². The van der Waals surface area contributed by atoms with Crippen molar-refractivity contribution in [3.05, 3.63) is 56.6 Å². The van der Waals surface area contributed by atoms with Crippen LogP contribution in [0.5, 0.6) is 0 Å². The molecular formula is C23H36IN5OS. The molecule has 2 aromatic heterocycles. The first-order valence-electron chi connectivity index (χ1n) is 10.9. The normalized spacial score (nSPS) is 19.6. The van der Waals surface area contributed by atoms with Crippen LogP contribution in [-0.4, -0.2) is 49.2 Å². The maximum Gasteiger partial charge on any atom is 0.250 e. The fourth-order valence-electron chi connectivity index (χ4n) is 4.34. The van der Waals surface area contributed by atoms with Crippen LogP contribution < -0.4 is 16.2 Å². The number of nitrogens with zero attached hydrogens (tertiary/aromatic N) is 3. The Balaban J connectivity index is 0.00000341. The zero-order valence-electron chi connectivity index (χ0n) is 18.8. The van der Waals surface area contributed by atoms with Gasteiger partial charge in [-0.1, -0.05) is 12.1 Å². The first kappa shape index (κ1) is 25.9. The molecule has 1 fully saturated rings. The molecule has 6 nitrogen and oxygen atoms in total. The zero-order chi connectivity index (χ0) is 21.3. The molecule has 3 heterocycles. The fourth-order valence-corrected chi connectivity index (χ4v) is 5.33. The van der Waals surface area contributed by atoms with Crippen molar-refractivity contribution in [1.82, 2.24) is 20.1 Å². The molecular weight excluding hydrogens is 521 g/mol. The zero-order valence-corrected chi connectivity index (χ0v) is 22.0. The molecule has 1 saturated heterocycles. The van der Waals surface area contributed by atoms with Crippen molar-refractivity contribution in [2.24, 2.45) is 10.9 Å². The van der Waals surface area contributed by atoms with Crippen LogP contribution >= 0.6 is 35.3 Å². The molecule has 2 unspecified atom stereocenters. The van der Waals surface area contributed by atoms with E-state index in [4.69, 9.17) is 0 Å². The van der Waals surface area contributed by atoms with E-state index < -0.39 is 0 Å². The summed E-state index contributed by atoms with van der Waals surface area (Å²) >= 11 is 1.86. The van der Waals surface area contributed by atoms with E-state index in [1.54, 1.807) is 6.07 Å². The molecule has 1 aliphatic heterocycles. The number of nitrogens with one attached hydrogen (secondary N) is 2. The quantitative estimate of drug-likeness (QED) is 0.224. The van der Waals surface area contributed by atoms with E-state index in [0.717, 1.165) is 50.7 Å². The first-order valence-corrected chi connectivity index (χ1v) is 11.8. The number of unbranched alkanes of at least 4 members (excludes halogenated alkanes) is 1. The molecule has 0 amide bonds. The third-order valence-electron chi connectivity index (χ3n) is 5.97. The van der Waals surface area contributed by atoms with Crippen molar-refractivity contribution in [2.45, 2.75) is 45.2 Å². The first-order chi connectivity index (χ1) is 14.6. The van der Waals surface area contributed by atoms with E-state index in [0.29, 0.717) is 12.0 Å². The lowest BCUT2D eigenvalue weighted by Crippen LogP contribution is -2.45. The van der Waals surface area contributed by atoms with Gasteiger partial charge in [-0.3, -0.25) is 14.7 Å². The minimum Gasteiger partial charge on any atom is -0.356 e. The van der Waals surface area contributed by atoms with Crippen LogP contribution in [0.2, 0.25) is 0 Å². The lowest BCUT2D eigenvalue weighted by Gasteiger charge is -2.39. The van der Waals surface area contributed by atoms with Crippen molar-refractivity contribution in [2.75, 3.05) is 33.7 Å². The van der Waals surface area contributed by atoms with E-state index in [1.165, 1.54) is 17.7 Å². The van der Waals surface area contributed by atoms with Crippen LogP contribution in [-0.2, 0) is 6.54 Å². The Kier molecular flexibility index (Phi) is 11.0. The monoisotopic (exact) mass is 557 g/mol. The van der Waals surface area contributed by atoms with E-state index >= 15 is 0 Å². The molecule has 2 aromatic rings. The average molecular weight is 558 g/mol. The maximum atomic E-state index is 11.9. The second-order valence-corrected chi connectivity index (χ2v) is 9.07. The van der Waals surface area contributed by atoms with Gasteiger partial charge in [0.2, 0.25) is 0 Å². The summed E-state index contributed by atoms with van der Waals surface area (Å²) in [6, 6.07) is 10.3. The molecule has 0 radical (unpaired) electrons. The third kappa shape index (κ3) is 7.32. The highest BCUT2D eigenvalue weighted by atomic mass is 127. The van der Waals surface area contributed by atoms with E-state index in [-0.39, 0.29) is 29.5 Å². The van der Waals surface area contributed by atoms with Crippen LogP contribution in [0.1, 0.15) is 42.3 Å². The van der Waals surface area contributed by atoms with Gasteiger partial charge in [0.1, 0.15) is 0 Å². The number of rotatable bonds is 8. The molecule has 0 aromatic carbocycles. The molecule has 3 rings (SSSR count). The highest BCUT2D eigenvalue weighted by molar-refractivity contribution is 14.0. The van der Waals surface area contributed by atoms with Crippen LogP contribution in [0.3, 0.4) is 0 Å². The number of guanidine groups is 1. The second kappa shape index (κ2) is 13.2. The van der Waals surface area contributed by atoms with Crippen molar-refractivity contribution in [1.29, 1.82) is 0 Å². The van der Waals surface area contributed by atoms with Gasteiger partial charge in [-0.15, -0.1) is 35.3 Å². The Morgan fingerprint density at radius 2 is 2.06 bits per heavy atom. The summed E-state index contributed by atoms with van der Waals surface area (Å²) in [5, 5.41) is 9.14. The van der Waals surface area contributed by atoms with Gasteiger partial charge in [0.05, 0.1) is 0 Å².